The Hall–Kier alpha value is -1.68. The standard InChI is InChI=1S/C9H8N2O2/c10-9-4-1-6-5-7(11(12)13)2-3-8(6)9/h1-5,9H,10H2/t9-/m1/s1. The predicted octanol–water partition coefficient (Wildman–Crippen LogP) is 1.62. The minimum atomic E-state index is -0.405. The molecule has 4 heteroatoms. The molecule has 1 aliphatic rings. The first-order valence-electron chi connectivity index (χ1n) is 3.90. The lowest BCUT2D eigenvalue weighted by atomic mass is 10.1. The zero-order chi connectivity index (χ0) is 9.42. The van der Waals surface area contributed by atoms with Gasteiger partial charge < -0.3 is 5.73 Å². The summed E-state index contributed by atoms with van der Waals surface area (Å²) in [5, 5.41) is 10.4. The number of nitro groups is 1. The molecule has 0 saturated carbocycles. The first-order valence-corrected chi connectivity index (χ1v) is 3.90. The lowest BCUT2D eigenvalue weighted by Gasteiger charge is -2.03. The zero-order valence-corrected chi connectivity index (χ0v) is 6.81. The molecule has 1 aliphatic carbocycles. The van der Waals surface area contributed by atoms with Crippen LogP contribution in [0, 0.1) is 10.1 Å². The molecule has 0 aromatic heterocycles. The molecule has 0 amide bonds. The molecule has 0 saturated heterocycles. The summed E-state index contributed by atoms with van der Waals surface area (Å²) in [4.78, 5) is 10.0. The molecule has 0 bridgehead atoms. The number of nitrogens with two attached hydrogens (primary N) is 1. The second-order valence-corrected chi connectivity index (χ2v) is 2.96. The quantitative estimate of drug-likeness (QED) is 0.522. The molecule has 0 radical (unpaired) electrons. The second kappa shape index (κ2) is 2.67. The molecule has 1 aromatic carbocycles. The van der Waals surface area contributed by atoms with Gasteiger partial charge in [0, 0.05) is 18.2 Å². The van der Waals surface area contributed by atoms with Gasteiger partial charge in [-0.1, -0.05) is 12.2 Å². The van der Waals surface area contributed by atoms with Crippen molar-refractivity contribution in [1.82, 2.24) is 0 Å². The highest BCUT2D eigenvalue weighted by Gasteiger charge is 2.16. The van der Waals surface area contributed by atoms with Crippen LogP contribution in [0.3, 0.4) is 0 Å². The van der Waals surface area contributed by atoms with Crippen LogP contribution in [-0.4, -0.2) is 4.92 Å². The highest BCUT2D eigenvalue weighted by Crippen LogP contribution is 2.29. The Morgan fingerprint density at radius 3 is 2.92 bits per heavy atom. The molecule has 2 rings (SSSR count). The smallest absolute Gasteiger partial charge is 0.270 e. The summed E-state index contributed by atoms with van der Waals surface area (Å²) in [6, 6.07) is 4.61. The predicted molar refractivity (Wildman–Crippen MR) is 49.1 cm³/mol. The Kier molecular flexibility index (Phi) is 1.63. The molecule has 0 heterocycles. The van der Waals surface area contributed by atoms with Crippen molar-refractivity contribution in [2.75, 3.05) is 0 Å². The van der Waals surface area contributed by atoms with E-state index in [9.17, 15) is 10.1 Å². The van der Waals surface area contributed by atoms with Crippen molar-refractivity contribution in [2.24, 2.45) is 5.73 Å². The summed E-state index contributed by atoms with van der Waals surface area (Å²) in [5.74, 6) is 0. The Morgan fingerprint density at radius 1 is 1.46 bits per heavy atom. The Balaban J connectivity index is 2.50. The Bertz CT molecular complexity index is 399. The first-order chi connectivity index (χ1) is 6.18. The van der Waals surface area contributed by atoms with Crippen LogP contribution in [0.1, 0.15) is 17.2 Å². The molecule has 0 unspecified atom stereocenters. The number of nitrogens with zero attached hydrogens (tertiary/aromatic N) is 1. The van der Waals surface area contributed by atoms with Crippen molar-refractivity contribution in [3.63, 3.8) is 0 Å². The zero-order valence-electron chi connectivity index (χ0n) is 6.81. The van der Waals surface area contributed by atoms with Gasteiger partial charge in [0.25, 0.3) is 5.69 Å². The van der Waals surface area contributed by atoms with Crippen LogP contribution in [0.25, 0.3) is 6.08 Å². The van der Waals surface area contributed by atoms with Gasteiger partial charge in [-0.05, 0) is 17.2 Å². The van der Waals surface area contributed by atoms with E-state index in [2.05, 4.69) is 0 Å². The number of nitro benzene ring substituents is 1. The molecule has 13 heavy (non-hydrogen) atoms. The summed E-state index contributed by atoms with van der Waals surface area (Å²) in [5.41, 5.74) is 7.62. The van der Waals surface area contributed by atoms with Crippen molar-refractivity contribution >= 4 is 11.8 Å². The summed E-state index contributed by atoms with van der Waals surface area (Å²) < 4.78 is 0. The van der Waals surface area contributed by atoms with Gasteiger partial charge >= 0.3 is 0 Å². The van der Waals surface area contributed by atoms with E-state index < -0.39 is 4.92 Å². The first kappa shape index (κ1) is 7.94. The second-order valence-electron chi connectivity index (χ2n) is 2.96. The lowest BCUT2D eigenvalue weighted by molar-refractivity contribution is -0.384. The van der Waals surface area contributed by atoms with E-state index in [-0.39, 0.29) is 11.7 Å². The molecule has 2 N–H and O–H groups in total. The van der Waals surface area contributed by atoms with E-state index >= 15 is 0 Å². The van der Waals surface area contributed by atoms with Crippen LogP contribution in [0.5, 0.6) is 0 Å². The third-order valence-electron chi connectivity index (χ3n) is 2.12. The summed E-state index contributed by atoms with van der Waals surface area (Å²) in [7, 11) is 0. The SMILES string of the molecule is N[C@@H]1C=Cc2cc([N+](=O)[O-])ccc21. The maximum Gasteiger partial charge on any atom is 0.270 e. The van der Waals surface area contributed by atoms with Crippen LogP contribution >= 0.6 is 0 Å². The number of fused-ring (bicyclic) bond motifs is 1. The number of rotatable bonds is 1. The van der Waals surface area contributed by atoms with E-state index in [4.69, 9.17) is 5.73 Å². The molecule has 0 aliphatic heterocycles. The molecule has 1 aromatic rings. The van der Waals surface area contributed by atoms with Crippen LogP contribution in [0.2, 0.25) is 0 Å². The van der Waals surface area contributed by atoms with E-state index in [1.807, 2.05) is 12.2 Å². The third-order valence-corrected chi connectivity index (χ3v) is 2.12. The molecule has 0 spiro atoms. The van der Waals surface area contributed by atoms with Crippen molar-refractivity contribution in [3.8, 4) is 0 Å². The van der Waals surface area contributed by atoms with Crippen LogP contribution in [0.4, 0.5) is 5.69 Å². The molecule has 4 nitrogen and oxygen atoms in total. The van der Waals surface area contributed by atoms with Gasteiger partial charge in [0.15, 0.2) is 0 Å². The summed E-state index contributed by atoms with van der Waals surface area (Å²) >= 11 is 0. The van der Waals surface area contributed by atoms with Crippen LogP contribution < -0.4 is 5.73 Å². The lowest BCUT2D eigenvalue weighted by Crippen LogP contribution is -2.04. The average molecular weight is 176 g/mol. The third kappa shape index (κ3) is 1.21. The van der Waals surface area contributed by atoms with Crippen LogP contribution in [-0.2, 0) is 0 Å². The largest absolute Gasteiger partial charge is 0.321 e. The van der Waals surface area contributed by atoms with Crippen LogP contribution in [0.15, 0.2) is 24.3 Å². The summed E-state index contributed by atoms with van der Waals surface area (Å²) in [6.07, 6.45) is 3.64. The van der Waals surface area contributed by atoms with E-state index in [0.29, 0.717) is 0 Å². The monoisotopic (exact) mass is 176 g/mol. The number of benzene rings is 1. The van der Waals surface area contributed by atoms with Crippen molar-refractivity contribution < 1.29 is 4.92 Å². The number of non-ortho nitro benzene ring substituents is 1. The fourth-order valence-electron chi connectivity index (χ4n) is 1.43. The normalized spacial score (nSPS) is 18.7. The van der Waals surface area contributed by atoms with Gasteiger partial charge in [-0.2, -0.15) is 0 Å². The number of hydrogen-bond acceptors (Lipinski definition) is 3. The van der Waals surface area contributed by atoms with E-state index in [1.54, 1.807) is 12.1 Å². The molecule has 1 atom stereocenters. The average Bonchev–Trinajstić information content (AvgIpc) is 2.47. The fourth-order valence-corrected chi connectivity index (χ4v) is 1.43. The van der Waals surface area contributed by atoms with Gasteiger partial charge in [-0.25, -0.2) is 0 Å². The molecule has 0 fully saturated rings. The minimum absolute atomic E-state index is 0.109. The number of hydrogen-bond donors (Lipinski definition) is 1. The topological polar surface area (TPSA) is 69.2 Å². The molecular formula is C9H8N2O2. The Labute approximate surface area is 74.8 Å². The maximum atomic E-state index is 10.4. The Morgan fingerprint density at radius 2 is 2.23 bits per heavy atom. The fraction of sp³-hybridized carbons (Fsp3) is 0.111. The molecular weight excluding hydrogens is 168 g/mol. The van der Waals surface area contributed by atoms with Gasteiger partial charge in [0.05, 0.1) is 4.92 Å². The maximum absolute atomic E-state index is 10.4. The van der Waals surface area contributed by atoms with Gasteiger partial charge in [-0.15, -0.1) is 0 Å². The van der Waals surface area contributed by atoms with Gasteiger partial charge in [-0.3, -0.25) is 10.1 Å². The van der Waals surface area contributed by atoms with Crippen molar-refractivity contribution in [1.29, 1.82) is 0 Å². The van der Waals surface area contributed by atoms with Gasteiger partial charge in [0.2, 0.25) is 0 Å². The van der Waals surface area contributed by atoms with Crippen molar-refractivity contribution in [3.05, 3.63) is 45.5 Å². The molecule has 66 valence electrons. The summed E-state index contributed by atoms with van der Waals surface area (Å²) in [6.45, 7) is 0. The minimum Gasteiger partial charge on any atom is -0.321 e. The highest BCUT2D eigenvalue weighted by atomic mass is 16.6. The van der Waals surface area contributed by atoms with Gasteiger partial charge in [0.1, 0.15) is 0 Å². The highest BCUT2D eigenvalue weighted by molar-refractivity contribution is 5.64. The van der Waals surface area contributed by atoms with Crippen molar-refractivity contribution in [2.45, 2.75) is 6.04 Å². The van der Waals surface area contributed by atoms with E-state index in [0.717, 1.165) is 11.1 Å². The van der Waals surface area contributed by atoms with E-state index in [1.165, 1.54) is 6.07 Å².